The van der Waals surface area contributed by atoms with Crippen LogP contribution >= 0.6 is 11.3 Å². The minimum Gasteiger partial charge on any atom is -0.278 e. The summed E-state index contributed by atoms with van der Waals surface area (Å²) in [5, 5.41) is 2.57. The van der Waals surface area contributed by atoms with Gasteiger partial charge in [0, 0.05) is 36.7 Å². The maximum atomic E-state index is 5.58. The van der Waals surface area contributed by atoms with Gasteiger partial charge in [0.1, 0.15) is 0 Å². The molecular formula is C55H36N4S. The molecule has 282 valence electrons. The Morgan fingerprint density at radius 1 is 0.417 bits per heavy atom. The second-order valence-corrected chi connectivity index (χ2v) is 17.8. The Morgan fingerprint density at radius 2 is 1.00 bits per heavy atom. The van der Waals surface area contributed by atoms with Crippen LogP contribution in [0.2, 0.25) is 0 Å². The van der Waals surface area contributed by atoms with Gasteiger partial charge in [-0.2, -0.15) is 9.97 Å². The Hall–Kier alpha value is -7.21. The number of hydrogen-bond donors (Lipinski definition) is 0. The number of para-hydroxylation sites is 1. The monoisotopic (exact) mass is 784 g/mol. The maximum absolute atomic E-state index is 5.58. The van der Waals surface area contributed by atoms with Crippen LogP contribution in [-0.2, 0) is 10.8 Å². The van der Waals surface area contributed by atoms with Crippen molar-refractivity contribution < 1.29 is 0 Å². The van der Waals surface area contributed by atoms with E-state index in [1.165, 1.54) is 75.8 Å². The zero-order valence-electron chi connectivity index (χ0n) is 33.0. The van der Waals surface area contributed by atoms with Crippen LogP contribution in [-0.4, -0.2) is 15.0 Å². The summed E-state index contributed by atoms with van der Waals surface area (Å²) in [6.45, 7) is 4.69. The van der Waals surface area contributed by atoms with Crippen LogP contribution in [0.25, 0.3) is 65.2 Å². The van der Waals surface area contributed by atoms with E-state index >= 15 is 0 Å². The number of thiophene rings is 1. The van der Waals surface area contributed by atoms with E-state index in [1.54, 1.807) is 0 Å². The number of benzene rings is 8. The second-order valence-electron chi connectivity index (χ2n) is 16.7. The average Bonchev–Trinajstić information content (AvgIpc) is 3.93. The first-order chi connectivity index (χ1) is 29.5. The standard InChI is InChI=1S/C55H36N4S/c1-54(2)43-27-13-14-29-46(43)59(47-32-49-39(31-45(47)54)36-21-9-15-30-48(36)60-49)53-57-51(33-17-4-3-5-18-33)56-52(58-53)38-23-16-28-44-50(38)37-22-8-12-26-42(37)55(44)40-24-10-6-19-34(40)35-20-7-11-25-41(35)55/h3-32H,1-2H3. The smallest absolute Gasteiger partial charge is 0.238 e. The molecule has 0 saturated heterocycles. The summed E-state index contributed by atoms with van der Waals surface area (Å²) in [6, 6.07) is 66.2. The summed E-state index contributed by atoms with van der Waals surface area (Å²) >= 11 is 1.84. The van der Waals surface area contributed by atoms with Gasteiger partial charge in [-0.25, -0.2) is 4.98 Å². The molecule has 5 heteroatoms. The van der Waals surface area contributed by atoms with E-state index in [0.29, 0.717) is 17.6 Å². The van der Waals surface area contributed by atoms with Crippen LogP contribution in [0, 0.1) is 0 Å². The third-order valence-electron chi connectivity index (χ3n) is 13.3. The van der Waals surface area contributed by atoms with Crippen molar-refractivity contribution in [3.05, 3.63) is 215 Å². The van der Waals surface area contributed by atoms with Crippen LogP contribution < -0.4 is 4.90 Å². The van der Waals surface area contributed by atoms with Gasteiger partial charge in [-0.15, -0.1) is 11.3 Å². The number of aromatic nitrogens is 3. The first kappa shape index (κ1) is 33.7. The van der Waals surface area contributed by atoms with Gasteiger partial charge in [-0.3, -0.25) is 4.90 Å². The van der Waals surface area contributed by atoms with E-state index in [9.17, 15) is 0 Å². The van der Waals surface area contributed by atoms with E-state index in [1.807, 2.05) is 17.4 Å². The van der Waals surface area contributed by atoms with Crippen molar-refractivity contribution in [2.75, 3.05) is 4.90 Å². The first-order valence-electron chi connectivity index (χ1n) is 20.6. The van der Waals surface area contributed by atoms with Crippen LogP contribution in [0.5, 0.6) is 0 Å². The highest BCUT2D eigenvalue weighted by Crippen LogP contribution is 2.64. The molecule has 2 aliphatic carbocycles. The molecule has 0 bridgehead atoms. The van der Waals surface area contributed by atoms with Gasteiger partial charge < -0.3 is 0 Å². The maximum Gasteiger partial charge on any atom is 0.238 e. The van der Waals surface area contributed by atoms with Crippen LogP contribution in [0.15, 0.2) is 182 Å². The molecule has 1 aliphatic heterocycles. The van der Waals surface area contributed by atoms with Crippen molar-refractivity contribution in [2.45, 2.75) is 24.7 Å². The zero-order valence-corrected chi connectivity index (χ0v) is 33.8. The quantitative estimate of drug-likeness (QED) is 0.179. The van der Waals surface area contributed by atoms with Crippen LogP contribution in [0.4, 0.5) is 17.3 Å². The molecule has 8 aromatic carbocycles. The van der Waals surface area contributed by atoms with Crippen LogP contribution in [0.3, 0.4) is 0 Å². The Balaban J connectivity index is 1.10. The molecule has 2 aromatic heterocycles. The molecule has 4 nitrogen and oxygen atoms in total. The van der Waals surface area contributed by atoms with E-state index < -0.39 is 5.41 Å². The summed E-state index contributed by atoms with van der Waals surface area (Å²) in [5.74, 6) is 1.88. The zero-order chi connectivity index (χ0) is 39.7. The van der Waals surface area contributed by atoms with Gasteiger partial charge >= 0.3 is 0 Å². The van der Waals surface area contributed by atoms with Gasteiger partial charge in [-0.1, -0.05) is 172 Å². The molecular weight excluding hydrogens is 749 g/mol. The molecule has 0 radical (unpaired) electrons. The molecule has 0 saturated carbocycles. The summed E-state index contributed by atoms with van der Waals surface area (Å²) in [7, 11) is 0. The van der Waals surface area contributed by atoms with Crippen molar-refractivity contribution in [3.63, 3.8) is 0 Å². The Bertz CT molecular complexity index is 3390. The summed E-state index contributed by atoms with van der Waals surface area (Å²) in [5.41, 5.74) is 15.9. The Kier molecular flexibility index (Phi) is 6.84. The fraction of sp³-hybridized carbons (Fsp3) is 0.0727. The molecule has 1 spiro atoms. The highest BCUT2D eigenvalue weighted by atomic mass is 32.1. The molecule has 0 amide bonds. The predicted molar refractivity (Wildman–Crippen MR) is 247 cm³/mol. The summed E-state index contributed by atoms with van der Waals surface area (Å²) in [4.78, 5) is 18.7. The lowest BCUT2D eigenvalue weighted by Gasteiger charge is -2.41. The fourth-order valence-corrected chi connectivity index (χ4v) is 11.9. The van der Waals surface area contributed by atoms with E-state index in [-0.39, 0.29) is 5.41 Å². The number of fused-ring (bicyclic) bond motifs is 15. The van der Waals surface area contributed by atoms with Gasteiger partial charge in [-0.05, 0) is 79.9 Å². The SMILES string of the molecule is CC1(C)c2ccccc2N(c2nc(-c3ccccc3)nc(-c3cccc4c3-c3ccccc3C43c4ccccc4-c4ccccc43)n2)c2cc3sc4ccccc4c3cc21. The molecule has 3 aliphatic rings. The second kappa shape index (κ2) is 12.2. The minimum atomic E-state index is -0.473. The fourth-order valence-electron chi connectivity index (χ4n) is 10.8. The summed E-state index contributed by atoms with van der Waals surface area (Å²) < 4.78 is 2.53. The lowest BCUT2D eigenvalue weighted by atomic mass is 9.70. The Labute approximate surface area is 352 Å². The van der Waals surface area contributed by atoms with E-state index in [0.717, 1.165) is 22.5 Å². The molecule has 0 unspecified atom stereocenters. The number of anilines is 3. The van der Waals surface area contributed by atoms with Gasteiger partial charge in [0.15, 0.2) is 11.6 Å². The molecule has 10 aromatic rings. The largest absolute Gasteiger partial charge is 0.278 e. The molecule has 3 heterocycles. The topological polar surface area (TPSA) is 41.9 Å². The number of nitrogens with zero attached hydrogens (tertiary/aromatic N) is 4. The molecule has 0 fully saturated rings. The van der Waals surface area contributed by atoms with Crippen molar-refractivity contribution >= 4 is 48.8 Å². The molecule has 0 atom stereocenters. The Morgan fingerprint density at radius 3 is 1.77 bits per heavy atom. The number of hydrogen-bond acceptors (Lipinski definition) is 5. The molecule has 13 rings (SSSR count). The average molecular weight is 785 g/mol. The summed E-state index contributed by atoms with van der Waals surface area (Å²) in [6.07, 6.45) is 0. The minimum absolute atomic E-state index is 0.274. The third kappa shape index (κ3) is 4.37. The predicted octanol–water partition coefficient (Wildman–Crippen LogP) is 14.0. The van der Waals surface area contributed by atoms with Crippen molar-refractivity contribution in [1.82, 2.24) is 15.0 Å². The van der Waals surface area contributed by atoms with Gasteiger partial charge in [0.25, 0.3) is 0 Å². The lowest BCUT2D eigenvalue weighted by molar-refractivity contribution is 0.631. The lowest BCUT2D eigenvalue weighted by Crippen LogP contribution is -2.31. The van der Waals surface area contributed by atoms with E-state index in [2.05, 4.69) is 195 Å². The highest BCUT2D eigenvalue weighted by Gasteiger charge is 2.52. The van der Waals surface area contributed by atoms with E-state index in [4.69, 9.17) is 15.0 Å². The van der Waals surface area contributed by atoms with Gasteiger partial charge in [0.05, 0.1) is 16.8 Å². The molecule has 60 heavy (non-hydrogen) atoms. The highest BCUT2D eigenvalue weighted by molar-refractivity contribution is 7.25. The third-order valence-corrected chi connectivity index (χ3v) is 14.5. The number of rotatable bonds is 3. The molecule has 0 N–H and O–H groups in total. The normalized spacial score (nSPS) is 14.7. The van der Waals surface area contributed by atoms with Crippen LogP contribution in [0.1, 0.15) is 47.2 Å². The first-order valence-corrected chi connectivity index (χ1v) is 21.4. The van der Waals surface area contributed by atoms with Crippen molar-refractivity contribution in [3.8, 4) is 45.0 Å². The van der Waals surface area contributed by atoms with Crippen molar-refractivity contribution in [1.29, 1.82) is 0 Å². The van der Waals surface area contributed by atoms with Gasteiger partial charge in [0.2, 0.25) is 5.95 Å². The van der Waals surface area contributed by atoms with Crippen molar-refractivity contribution in [2.24, 2.45) is 0 Å².